The lowest BCUT2D eigenvalue weighted by atomic mass is 10.3. The van der Waals surface area contributed by atoms with Gasteiger partial charge in [0.25, 0.3) is 0 Å². The molecular formula is C11H17Cl2N3S. The first kappa shape index (κ1) is 13.4. The molecule has 0 saturated carbocycles. The van der Waals surface area contributed by atoms with E-state index in [9.17, 15) is 0 Å². The molecule has 0 radical (unpaired) electrons. The number of nitrogens with zero attached hydrogens (tertiary/aromatic N) is 3. The molecule has 1 fully saturated rings. The molecule has 2 heterocycles. The molecule has 1 saturated heterocycles. The molecule has 0 atom stereocenters. The normalized spacial score (nSPS) is 17.7. The fourth-order valence-electron chi connectivity index (χ4n) is 2.02. The monoisotopic (exact) mass is 293 g/mol. The molecular weight excluding hydrogens is 277 g/mol. The summed E-state index contributed by atoms with van der Waals surface area (Å²) in [5.41, 5.74) is 0. The summed E-state index contributed by atoms with van der Waals surface area (Å²) in [7, 11) is 0. The van der Waals surface area contributed by atoms with Crippen LogP contribution in [0.15, 0.2) is 0 Å². The molecule has 0 unspecified atom stereocenters. The Bertz CT molecular complexity index is 362. The molecule has 6 heteroatoms. The van der Waals surface area contributed by atoms with Gasteiger partial charge in [-0.15, -0.1) is 11.6 Å². The molecule has 0 aliphatic carbocycles. The van der Waals surface area contributed by atoms with Crippen LogP contribution in [-0.4, -0.2) is 42.6 Å². The van der Waals surface area contributed by atoms with Crippen molar-refractivity contribution < 1.29 is 0 Å². The van der Waals surface area contributed by atoms with E-state index in [2.05, 4.69) is 21.7 Å². The van der Waals surface area contributed by atoms with E-state index in [-0.39, 0.29) is 0 Å². The van der Waals surface area contributed by atoms with Gasteiger partial charge < -0.3 is 4.90 Å². The molecule has 0 aromatic carbocycles. The zero-order valence-electron chi connectivity index (χ0n) is 9.96. The minimum absolute atomic E-state index is 0.451. The van der Waals surface area contributed by atoms with Crippen molar-refractivity contribution in [2.45, 2.75) is 19.2 Å². The summed E-state index contributed by atoms with van der Waals surface area (Å²) >= 11 is 13.4. The quantitative estimate of drug-likeness (QED) is 0.796. The van der Waals surface area contributed by atoms with Crippen LogP contribution in [0, 0.1) is 0 Å². The largest absolute Gasteiger partial charge is 0.345 e. The fraction of sp³-hybridized carbons (Fsp3) is 0.727. The number of aromatic nitrogens is 1. The Morgan fingerprint density at radius 1 is 1.29 bits per heavy atom. The molecule has 1 aliphatic rings. The summed E-state index contributed by atoms with van der Waals surface area (Å²) < 4.78 is 0. The SMILES string of the molecule is CCCN1CCN(c2nc(Cl)c(CCl)s2)CC1. The van der Waals surface area contributed by atoms with Crippen LogP contribution in [0.4, 0.5) is 5.13 Å². The second-order valence-electron chi connectivity index (χ2n) is 4.17. The number of rotatable bonds is 4. The van der Waals surface area contributed by atoms with E-state index in [4.69, 9.17) is 23.2 Å². The summed E-state index contributed by atoms with van der Waals surface area (Å²) in [5.74, 6) is 0.451. The minimum Gasteiger partial charge on any atom is -0.345 e. The number of anilines is 1. The molecule has 0 bridgehead atoms. The van der Waals surface area contributed by atoms with Crippen LogP contribution >= 0.6 is 34.5 Å². The summed E-state index contributed by atoms with van der Waals surface area (Å²) in [5, 5.41) is 1.58. The highest BCUT2D eigenvalue weighted by Crippen LogP contribution is 2.31. The lowest BCUT2D eigenvalue weighted by Crippen LogP contribution is -2.46. The third kappa shape index (κ3) is 3.25. The zero-order valence-corrected chi connectivity index (χ0v) is 12.3. The van der Waals surface area contributed by atoms with Crippen molar-refractivity contribution in [1.29, 1.82) is 0 Å². The van der Waals surface area contributed by atoms with E-state index < -0.39 is 0 Å². The third-order valence-corrected chi connectivity index (χ3v) is 4.91. The van der Waals surface area contributed by atoms with Crippen LogP contribution in [0.25, 0.3) is 0 Å². The van der Waals surface area contributed by atoms with Gasteiger partial charge in [0.15, 0.2) is 5.13 Å². The maximum Gasteiger partial charge on any atom is 0.187 e. The van der Waals surface area contributed by atoms with E-state index in [0.717, 1.165) is 36.2 Å². The molecule has 96 valence electrons. The Morgan fingerprint density at radius 3 is 2.53 bits per heavy atom. The van der Waals surface area contributed by atoms with Gasteiger partial charge in [0.1, 0.15) is 5.15 Å². The smallest absolute Gasteiger partial charge is 0.187 e. The maximum absolute atomic E-state index is 6.02. The first-order valence-electron chi connectivity index (χ1n) is 5.93. The standard InChI is InChI=1S/C11H17Cl2N3S/c1-2-3-15-4-6-16(7-5-15)11-14-10(13)9(8-12)17-11/h2-8H2,1H3. The van der Waals surface area contributed by atoms with Gasteiger partial charge in [0, 0.05) is 26.2 Å². The van der Waals surface area contributed by atoms with Crippen molar-refractivity contribution in [3.8, 4) is 0 Å². The van der Waals surface area contributed by atoms with Crippen LogP contribution in [-0.2, 0) is 5.88 Å². The van der Waals surface area contributed by atoms with Crippen LogP contribution in [0.1, 0.15) is 18.2 Å². The predicted molar refractivity (Wildman–Crippen MR) is 75.6 cm³/mol. The van der Waals surface area contributed by atoms with Crippen molar-refractivity contribution in [2.24, 2.45) is 0 Å². The molecule has 1 aliphatic heterocycles. The average molecular weight is 294 g/mol. The van der Waals surface area contributed by atoms with Gasteiger partial charge in [0.05, 0.1) is 10.8 Å². The molecule has 0 amide bonds. The first-order valence-corrected chi connectivity index (χ1v) is 7.66. The summed E-state index contributed by atoms with van der Waals surface area (Å²) in [6.45, 7) is 7.71. The van der Waals surface area contributed by atoms with E-state index in [1.54, 1.807) is 11.3 Å². The highest BCUT2D eigenvalue weighted by atomic mass is 35.5. The summed E-state index contributed by atoms with van der Waals surface area (Å²) in [6, 6.07) is 0. The van der Waals surface area contributed by atoms with Gasteiger partial charge in [-0.1, -0.05) is 29.9 Å². The number of alkyl halides is 1. The second kappa shape index (κ2) is 6.23. The van der Waals surface area contributed by atoms with Gasteiger partial charge in [-0.05, 0) is 13.0 Å². The lowest BCUT2D eigenvalue weighted by Gasteiger charge is -2.34. The van der Waals surface area contributed by atoms with E-state index in [0.29, 0.717) is 11.0 Å². The van der Waals surface area contributed by atoms with Crippen molar-refractivity contribution in [2.75, 3.05) is 37.6 Å². The number of halogens is 2. The Kier molecular flexibility index (Phi) is 4.91. The van der Waals surface area contributed by atoms with Crippen molar-refractivity contribution in [1.82, 2.24) is 9.88 Å². The average Bonchev–Trinajstić information content (AvgIpc) is 2.72. The molecule has 2 rings (SSSR count). The Morgan fingerprint density at radius 2 is 2.00 bits per heavy atom. The van der Waals surface area contributed by atoms with Crippen molar-refractivity contribution in [3.63, 3.8) is 0 Å². The van der Waals surface area contributed by atoms with E-state index >= 15 is 0 Å². The van der Waals surface area contributed by atoms with E-state index in [1.807, 2.05) is 0 Å². The summed E-state index contributed by atoms with van der Waals surface area (Å²) in [6.07, 6.45) is 1.22. The molecule has 17 heavy (non-hydrogen) atoms. The molecule has 1 aromatic heterocycles. The van der Waals surface area contributed by atoms with Gasteiger partial charge >= 0.3 is 0 Å². The van der Waals surface area contributed by atoms with Gasteiger partial charge in [-0.25, -0.2) is 4.98 Å². The van der Waals surface area contributed by atoms with Crippen LogP contribution < -0.4 is 4.90 Å². The number of piperazine rings is 1. The molecule has 0 N–H and O–H groups in total. The van der Waals surface area contributed by atoms with Crippen LogP contribution in [0.2, 0.25) is 5.15 Å². The van der Waals surface area contributed by atoms with E-state index in [1.165, 1.54) is 13.0 Å². The Hall–Kier alpha value is -0.0300. The molecule has 3 nitrogen and oxygen atoms in total. The topological polar surface area (TPSA) is 19.4 Å². The number of hydrogen-bond donors (Lipinski definition) is 0. The lowest BCUT2D eigenvalue weighted by molar-refractivity contribution is 0.258. The number of hydrogen-bond acceptors (Lipinski definition) is 4. The van der Waals surface area contributed by atoms with Gasteiger partial charge in [-0.2, -0.15) is 0 Å². The van der Waals surface area contributed by atoms with Crippen molar-refractivity contribution >= 4 is 39.7 Å². The zero-order chi connectivity index (χ0) is 12.3. The van der Waals surface area contributed by atoms with Gasteiger partial charge in [-0.3, -0.25) is 4.90 Å². The third-order valence-electron chi connectivity index (χ3n) is 2.94. The summed E-state index contributed by atoms with van der Waals surface area (Å²) in [4.78, 5) is 10.2. The van der Waals surface area contributed by atoms with Crippen LogP contribution in [0.5, 0.6) is 0 Å². The molecule has 0 spiro atoms. The molecule has 1 aromatic rings. The number of thiazole rings is 1. The fourth-order valence-corrected chi connectivity index (χ4v) is 3.54. The maximum atomic E-state index is 6.02. The minimum atomic E-state index is 0.451. The van der Waals surface area contributed by atoms with Crippen LogP contribution in [0.3, 0.4) is 0 Å². The highest BCUT2D eigenvalue weighted by molar-refractivity contribution is 7.16. The van der Waals surface area contributed by atoms with Crippen molar-refractivity contribution in [3.05, 3.63) is 10.0 Å². The Labute approximate surface area is 116 Å². The Balaban J connectivity index is 1.95. The predicted octanol–water partition coefficient (Wildman–Crippen LogP) is 3.07. The first-order chi connectivity index (χ1) is 8.24. The van der Waals surface area contributed by atoms with Gasteiger partial charge in [0.2, 0.25) is 0 Å². The highest BCUT2D eigenvalue weighted by Gasteiger charge is 2.20. The second-order valence-corrected chi connectivity index (χ2v) is 5.86.